The van der Waals surface area contributed by atoms with Crippen molar-refractivity contribution in [2.24, 2.45) is 5.73 Å². The van der Waals surface area contributed by atoms with Crippen molar-refractivity contribution in [1.29, 1.82) is 0 Å². The molecule has 0 saturated carbocycles. The van der Waals surface area contributed by atoms with Crippen LogP contribution in [0.25, 0.3) is 0 Å². The summed E-state index contributed by atoms with van der Waals surface area (Å²) in [5.41, 5.74) is 5.33. The second-order valence-electron chi connectivity index (χ2n) is 5.96. The van der Waals surface area contributed by atoms with Gasteiger partial charge in [-0.05, 0) is 27.2 Å². The van der Waals surface area contributed by atoms with Crippen molar-refractivity contribution in [1.82, 2.24) is 9.80 Å². The second kappa shape index (κ2) is 4.46. The number of fused-ring (bicyclic) bond motifs is 2. The first-order valence-electron chi connectivity index (χ1n) is 6.34. The van der Waals surface area contributed by atoms with E-state index in [1.54, 1.807) is 0 Å². The Morgan fingerprint density at radius 3 is 2.71 bits per heavy atom. The van der Waals surface area contributed by atoms with E-state index in [0.717, 1.165) is 19.5 Å². The first kappa shape index (κ1) is 12.6. The summed E-state index contributed by atoms with van der Waals surface area (Å²) in [7, 11) is 0. The standard InChI is InChI=1S/C12H23N3O2/c1-12(2,3)17-11(16)15-8-10(6-13)14-5-4-9(15)7-14/h9-10H,4-8,13H2,1-3H3. The van der Waals surface area contributed by atoms with Gasteiger partial charge in [-0.15, -0.1) is 0 Å². The van der Waals surface area contributed by atoms with E-state index in [2.05, 4.69) is 4.90 Å². The monoisotopic (exact) mass is 241 g/mol. The van der Waals surface area contributed by atoms with E-state index in [0.29, 0.717) is 25.2 Å². The summed E-state index contributed by atoms with van der Waals surface area (Å²) in [5.74, 6) is 0. The van der Waals surface area contributed by atoms with Crippen molar-refractivity contribution in [3.8, 4) is 0 Å². The number of nitrogens with two attached hydrogens (primary N) is 1. The van der Waals surface area contributed by atoms with E-state index in [4.69, 9.17) is 10.5 Å². The van der Waals surface area contributed by atoms with Gasteiger partial charge in [0.2, 0.25) is 0 Å². The zero-order valence-electron chi connectivity index (χ0n) is 11.0. The Kier molecular flexibility index (Phi) is 3.32. The maximum Gasteiger partial charge on any atom is 0.410 e. The van der Waals surface area contributed by atoms with Gasteiger partial charge in [0.05, 0.1) is 0 Å². The maximum absolute atomic E-state index is 12.1. The van der Waals surface area contributed by atoms with E-state index in [1.165, 1.54) is 0 Å². The summed E-state index contributed by atoms with van der Waals surface area (Å²) in [6.45, 7) is 9.00. The first-order chi connectivity index (χ1) is 7.90. The zero-order valence-corrected chi connectivity index (χ0v) is 11.0. The largest absolute Gasteiger partial charge is 0.444 e. The number of nitrogens with zero attached hydrogens (tertiary/aromatic N) is 2. The lowest BCUT2D eigenvalue weighted by Crippen LogP contribution is -2.57. The highest BCUT2D eigenvalue weighted by Crippen LogP contribution is 2.26. The van der Waals surface area contributed by atoms with Crippen molar-refractivity contribution >= 4 is 6.09 Å². The van der Waals surface area contributed by atoms with Crippen LogP contribution in [0.1, 0.15) is 27.2 Å². The quantitative estimate of drug-likeness (QED) is 0.732. The molecule has 2 N–H and O–H groups in total. The number of carbonyl (C=O) groups is 1. The number of hydrogen-bond acceptors (Lipinski definition) is 4. The molecular weight excluding hydrogens is 218 g/mol. The minimum absolute atomic E-state index is 0.192. The Balaban J connectivity index is 2.03. The average Bonchev–Trinajstić information content (AvgIpc) is 2.60. The first-order valence-corrected chi connectivity index (χ1v) is 6.34. The molecule has 2 saturated heterocycles. The zero-order chi connectivity index (χ0) is 12.6. The summed E-state index contributed by atoms with van der Waals surface area (Å²) >= 11 is 0. The number of hydrogen-bond donors (Lipinski definition) is 1. The van der Waals surface area contributed by atoms with Crippen LogP contribution in [0.5, 0.6) is 0 Å². The average molecular weight is 241 g/mol. The number of amides is 1. The van der Waals surface area contributed by atoms with Gasteiger partial charge in [-0.1, -0.05) is 0 Å². The van der Waals surface area contributed by atoms with E-state index in [-0.39, 0.29) is 6.09 Å². The molecule has 0 aliphatic carbocycles. The fraction of sp³-hybridized carbons (Fsp3) is 0.917. The Morgan fingerprint density at radius 2 is 2.12 bits per heavy atom. The van der Waals surface area contributed by atoms with Crippen LogP contribution in [0.3, 0.4) is 0 Å². The second-order valence-corrected chi connectivity index (χ2v) is 5.96. The Labute approximate surface area is 103 Å². The molecule has 2 bridgehead atoms. The number of carbonyl (C=O) groups excluding carboxylic acids is 1. The van der Waals surface area contributed by atoms with Crippen molar-refractivity contribution < 1.29 is 9.53 Å². The molecule has 0 spiro atoms. The molecule has 5 nitrogen and oxygen atoms in total. The minimum atomic E-state index is -0.426. The summed E-state index contributed by atoms with van der Waals surface area (Å²) in [5, 5.41) is 0. The molecule has 2 heterocycles. The van der Waals surface area contributed by atoms with Crippen molar-refractivity contribution in [3.05, 3.63) is 0 Å². The topological polar surface area (TPSA) is 58.8 Å². The molecule has 17 heavy (non-hydrogen) atoms. The molecule has 2 aliphatic rings. The van der Waals surface area contributed by atoms with Crippen molar-refractivity contribution in [2.45, 2.75) is 44.9 Å². The van der Waals surface area contributed by atoms with Crippen LogP contribution in [-0.2, 0) is 4.74 Å². The summed E-state index contributed by atoms with van der Waals surface area (Å²) in [6.07, 6.45) is 0.845. The fourth-order valence-electron chi connectivity index (χ4n) is 2.61. The van der Waals surface area contributed by atoms with Crippen LogP contribution in [0.15, 0.2) is 0 Å². The number of piperazine rings is 1. The summed E-state index contributed by atoms with van der Waals surface area (Å²) in [6, 6.07) is 0.605. The van der Waals surface area contributed by atoms with Crippen LogP contribution in [0.2, 0.25) is 0 Å². The summed E-state index contributed by atoms with van der Waals surface area (Å²) < 4.78 is 5.45. The van der Waals surface area contributed by atoms with Crippen LogP contribution in [0, 0.1) is 0 Å². The van der Waals surface area contributed by atoms with Crippen LogP contribution in [0.4, 0.5) is 4.79 Å². The van der Waals surface area contributed by atoms with Gasteiger partial charge in [0.15, 0.2) is 0 Å². The van der Waals surface area contributed by atoms with Gasteiger partial charge in [-0.3, -0.25) is 4.90 Å². The van der Waals surface area contributed by atoms with Gasteiger partial charge >= 0.3 is 6.09 Å². The lowest BCUT2D eigenvalue weighted by atomic mass is 10.1. The molecule has 98 valence electrons. The van der Waals surface area contributed by atoms with Gasteiger partial charge in [0, 0.05) is 38.3 Å². The molecule has 0 radical (unpaired) electrons. The Bertz CT molecular complexity index is 301. The molecule has 0 aromatic heterocycles. The summed E-state index contributed by atoms with van der Waals surface area (Å²) in [4.78, 5) is 16.4. The minimum Gasteiger partial charge on any atom is -0.444 e. The third-order valence-corrected chi connectivity index (χ3v) is 3.46. The molecule has 2 aliphatic heterocycles. The molecular formula is C12H23N3O2. The number of rotatable bonds is 1. The highest BCUT2D eigenvalue weighted by molar-refractivity contribution is 5.69. The van der Waals surface area contributed by atoms with Crippen LogP contribution >= 0.6 is 0 Å². The normalized spacial score (nSPS) is 32.7. The predicted molar refractivity (Wildman–Crippen MR) is 65.8 cm³/mol. The van der Waals surface area contributed by atoms with Gasteiger partial charge in [0.1, 0.15) is 5.60 Å². The van der Waals surface area contributed by atoms with Gasteiger partial charge in [0.25, 0.3) is 0 Å². The highest BCUT2D eigenvalue weighted by atomic mass is 16.6. The number of ether oxygens (including phenoxy) is 1. The lowest BCUT2D eigenvalue weighted by molar-refractivity contribution is 0.00271. The van der Waals surface area contributed by atoms with E-state index in [9.17, 15) is 4.79 Å². The van der Waals surface area contributed by atoms with Gasteiger partial charge in [-0.2, -0.15) is 0 Å². The molecule has 2 rings (SSSR count). The smallest absolute Gasteiger partial charge is 0.410 e. The molecule has 0 aromatic rings. The third-order valence-electron chi connectivity index (χ3n) is 3.46. The van der Waals surface area contributed by atoms with Crippen LogP contribution < -0.4 is 5.73 Å². The third kappa shape index (κ3) is 2.72. The van der Waals surface area contributed by atoms with Crippen LogP contribution in [-0.4, -0.2) is 59.8 Å². The Hall–Kier alpha value is -0.810. The SMILES string of the molecule is CC(C)(C)OC(=O)N1CC(CN)N2CCC1C2. The highest BCUT2D eigenvalue weighted by Gasteiger charge is 2.41. The maximum atomic E-state index is 12.1. The van der Waals surface area contributed by atoms with Crippen molar-refractivity contribution in [2.75, 3.05) is 26.2 Å². The van der Waals surface area contributed by atoms with Gasteiger partial charge < -0.3 is 15.4 Å². The van der Waals surface area contributed by atoms with Crippen molar-refractivity contribution in [3.63, 3.8) is 0 Å². The van der Waals surface area contributed by atoms with Gasteiger partial charge in [-0.25, -0.2) is 4.79 Å². The van der Waals surface area contributed by atoms with E-state index in [1.807, 2.05) is 25.7 Å². The Morgan fingerprint density at radius 1 is 1.41 bits per heavy atom. The molecule has 5 heteroatoms. The van der Waals surface area contributed by atoms with E-state index >= 15 is 0 Å². The lowest BCUT2D eigenvalue weighted by Gasteiger charge is -2.40. The van der Waals surface area contributed by atoms with E-state index < -0.39 is 5.60 Å². The predicted octanol–water partition coefficient (Wildman–Crippen LogP) is 0.639. The fourth-order valence-corrected chi connectivity index (χ4v) is 2.61. The molecule has 2 fully saturated rings. The molecule has 1 amide bonds. The molecule has 3 unspecified atom stereocenters. The molecule has 3 atom stereocenters. The molecule has 0 aromatic carbocycles.